The largest absolute Gasteiger partial charge is 0.356 e. The molecule has 1 aliphatic carbocycles. The first kappa shape index (κ1) is 25.1. The molecule has 2 fully saturated rings. The van der Waals surface area contributed by atoms with E-state index in [-0.39, 0.29) is 5.82 Å². The van der Waals surface area contributed by atoms with Gasteiger partial charge in [-0.05, 0) is 93.4 Å². The summed E-state index contributed by atoms with van der Waals surface area (Å²) >= 11 is 0. The number of aromatic amines is 1. The van der Waals surface area contributed by atoms with Gasteiger partial charge in [-0.1, -0.05) is 12.1 Å². The van der Waals surface area contributed by atoms with Gasteiger partial charge >= 0.3 is 0 Å². The number of hydrogen-bond acceptors (Lipinski definition) is 6. The standard InChI is InChI=1S/C28H38FN5O2/c1-33(28-26-15-16-30-27(26)31-20-32-28)25-13-9-23(10-14-25)19-35-36-34-17-3-6-22(18-34)5-2-4-21-7-11-24(29)12-8-21/h7-8,11-12,15-16,20,22-23,25H,2-6,9-10,13-14,17-19H2,1H3,(H,30,31,32)/t22?,23-,25-. The summed E-state index contributed by atoms with van der Waals surface area (Å²) in [7, 11) is 2.14. The Morgan fingerprint density at radius 3 is 2.72 bits per heavy atom. The number of nitrogens with zero attached hydrogens (tertiary/aromatic N) is 4. The lowest BCUT2D eigenvalue weighted by Crippen LogP contribution is -2.38. The van der Waals surface area contributed by atoms with Gasteiger partial charge in [0.2, 0.25) is 0 Å². The molecule has 5 rings (SSSR count). The molecule has 1 saturated heterocycles. The Bertz CT molecular complexity index is 1080. The van der Waals surface area contributed by atoms with E-state index < -0.39 is 0 Å². The van der Waals surface area contributed by atoms with E-state index in [1.54, 1.807) is 18.5 Å². The zero-order valence-electron chi connectivity index (χ0n) is 21.2. The van der Waals surface area contributed by atoms with Crippen molar-refractivity contribution in [3.63, 3.8) is 0 Å². The number of fused-ring (bicyclic) bond motifs is 1. The lowest BCUT2D eigenvalue weighted by Gasteiger charge is -2.35. The number of hydroxylamine groups is 2. The van der Waals surface area contributed by atoms with Gasteiger partial charge in [-0.3, -0.25) is 0 Å². The number of benzene rings is 1. The molecular formula is C28H38FN5O2. The summed E-state index contributed by atoms with van der Waals surface area (Å²) in [4.78, 5) is 25.8. The Balaban J connectivity index is 0.989. The van der Waals surface area contributed by atoms with E-state index in [4.69, 9.17) is 9.88 Å². The molecule has 1 saturated carbocycles. The fourth-order valence-corrected chi connectivity index (χ4v) is 5.79. The topological polar surface area (TPSA) is 66.5 Å². The number of piperidine rings is 1. The summed E-state index contributed by atoms with van der Waals surface area (Å²) in [6.07, 6.45) is 13.7. The molecule has 2 aromatic heterocycles. The van der Waals surface area contributed by atoms with E-state index in [0.717, 1.165) is 81.3 Å². The van der Waals surface area contributed by atoms with Crippen LogP contribution in [0.5, 0.6) is 0 Å². The molecule has 3 aromatic rings. The number of anilines is 1. The first-order valence-electron chi connectivity index (χ1n) is 13.5. The van der Waals surface area contributed by atoms with Crippen LogP contribution in [0.3, 0.4) is 0 Å². The van der Waals surface area contributed by atoms with Crippen molar-refractivity contribution in [2.45, 2.75) is 63.8 Å². The first-order valence-corrected chi connectivity index (χ1v) is 13.5. The lowest BCUT2D eigenvalue weighted by molar-refractivity contribution is -0.435. The predicted octanol–water partition coefficient (Wildman–Crippen LogP) is 5.69. The van der Waals surface area contributed by atoms with E-state index in [2.05, 4.69) is 33.0 Å². The molecule has 36 heavy (non-hydrogen) atoms. The third-order valence-corrected chi connectivity index (χ3v) is 7.97. The fraction of sp³-hybridized carbons (Fsp3) is 0.571. The summed E-state index contributed by atoms with van der Waals surface area (Å²) in [6, 6.07) is 9.41. The highest BCUT2D eigenvalue weighted by Gasteiger charge is 2.27. The first-order chi connectivity index (χ1) is 17.7. The number of hydrogen-bond donors (Lipinski definition) is 1. The Kier molecular flexibility index (Phi) is 8.46. The highest BCUT2D eigenvalue weighted by atomic mass is 19.1. The average molecular weight is 496 g/mol. The minimum Gasteiger partial charge on any atom is -0.356 e. The molecule has 1 unspecified atom stereocenters. The van der Waals surface area contributed by atoms with Crippen molar-refractivity contribution in [1.82, 2.24) is 20.0 Å². The van der Waals surface area contributed by atoms with Crippen LogP contribution >= 0.6 is 0 Å². The van der Waals surface area contributed by atoms with E-state index in [1.807, 2.05) is 23.4 Å². The maximum absolute atomic E-state index is 13.1. The quantitative estimate of drug-likeness (QED) is 0.288. The van der Waals surface area contributed by atoms with Gasteiger partial charge in [0.1, 0.15) is 23.6 Å². The molecule has 194 valence electrons. The van der Waals surface area contributed by atoms with Crippen molar-refractivity contribution >= 4 is 16.9 Å². The van der Waals surface area contributed by atoms with Gasteiger partial charge in [-0.25, -0.2) is 19.2 Å². The zero-order valence-corrected chi connectivity index (χ0v) is 21.2. The molecule has 0 amide bonds. The molecule has 0 radical (unpaired) electrons. The van der Waals surface area contributed by atoms with Crippen molar-refractivity contribution < 1.29 is 14.3 Å². The Morgan fingerprint density at radius 2 is 1.89 bits per heavy atom. The summed E-state index contributed by atoms with van der Waals surface area (Å²) in [5.41, 5.74) is 2.10. The number of rotatable bonds is 10. The maximum Gasteiger partial charge on any atom is 0.142 e. The van der Waals surface area contributed by atoms with Crippen molar-refractivity contribution in [3.05, 3.63) is 54.2 Å². The predicted molar refractivity (Wildman–Crippen MR) is 139 cm³/mol. The molecule has 0 spiro atoms. The average Bonchev–Trinajstić information content (AvgIpc) is 3.39. The van der Waals surface area contributed by atoms with Crippen LogP contribution in [-0.2, 0) is 16.3 Å². The molecule has 1 aliphatic heterocycles. The number of nitrogens with one attached hydrogen (secondary N) is 1. The number of aryl methyl sites for hydroxylation is 1. The molecule has 2 aliphatic rings. The fourth-order valence-electron chi connectivity index (χ4n) is 5.79. The Hall–Kier alpha value is -2.55. The normalized spacial score (nSPS) is 23.2. The van der Waals surface area contributed by atoms with Gasteiger partial charge in [0.15, 0.2) is 0 Å². The van der Waals surface area contributed by atoms with E-state index in [9.17, 15) is 4.39 Å². The molecule has 1 aromatic carbocycles. The number of aromatic nitrogens is 3. The summed E-state index contributed by atoms with van der Waals surface area (Å²) in [6.45, 7) is 2.50. The smallest absolute Gasteiger partial charge is 0.142 e. The van der Waals surface area contributed by atoms with Crippen molar-refractivity contribution in [3.8, 4) is 0 Å². The summed E-state index contributed by atoms with van der Waals surface area (Å²) < 4.78 is 13.1. The second-order valence-corrected chi connectivity index (χ2v) is 10.5. The van der Waals surface area contributed by atoms with E-state index in [0.29, 0.717) is 24.5 Å². The van der Waals surface area contributed by atoms with Gasteiger partial charge in [0.25, 0.3) is 0 Å². The molecule has 1 atom stereocenters. The van der Waals surface area contributed by atoms with E-state index in [1.165, 1.54) is 12.0 Å². The van der Waals surface area contributed by atoms with Crippen LogP contribution in [0.1, 0.15) is 56.9 Å². The maximum atomic E-state index is 13.1. The third kappa shape index (κ3) is 6.41. The van der Waals surface area contributed by atoms with Gasteiger partial charge in [-0.15, -0.1) is 4.99 Å². The minimum atomic E-state index is -0.167. The molecule has 0 bridgehead atoms. The van der Waals surface area contributed by atoms with Crippen molar-refractivity contribution in [2.24, 2.45) is 11.8 Å². The molecule has 7 nitrogen and oxygen atoms in total. The van der Waals surface area contributed by atoms with Crippen LogP contribution in [0.4, 0.5) is 10.2 Å². The molecule has 8 heteroatoms. The van der Waals surface area contributed by atoms with Crippen LogP contribution in [0, 0.1) is 17.7 Å². The second-order valence-electron chi connectivity index (χ2n) is 10.5. The third-order valence-electron chi connectivity index (χ3n) is 7.97. The van der Waals surface area contributed by atoms with Crippen LogP contribution in [0.25, 0.3) is 11.0 Å². The molecule has 3 heterocycles. The highest BCUT2D eigenvalue weighted by molar-refractivity contribution is 5.87. The molecule has 1 N–H and O–H groups in total. The zero-order chi connectivity index (χ0) is 24.7. The number of H-pyrrole nitrogens is 1. The van der Waals surface area contributed by atoms with Crippen LogP contribution < -0.4 is 4.90 Å². The molecular weight excluding hydrogens is 457 g/mol. The van der Waals surface area contributed by atoms with Gasteiger partial charge in [0.05, 0.1) is 12.0 Å². The Morgan fingerprint density at radius 1 is 1.06 bits per heavy atom. The lowest BCUT2D eigenvalue weighted by atomic mass is 9.86. The summed E-state index contributed by atoms with van der Waals surface area (Å²) in [5.74, 6) is 1.99. The number of halogens is 1. The monoisotopic (exact) mass is 495 g/mol. The van der Waals surface area contributed by atoms with Crippen molar-refractivity contribution in [2.75, 3.05) is 31.6 Å². The van der Waals surface area contributed by atoms with Crippen LogP contribution in [0.15, 0.2) is 42.9 Å². The van der Waals surface area contributed by atoms with Gasteiger partial charge < -0.3 is 9.88 Å². The van der Waals surface area contributed by atoms with Crippen LogP contribution in [-0.4, -0.2) is 52.8 Å². The van der Waals surface area contributed by atoms with E-state index >= 15 is 0 Å². The SMILES string of the molecule is CN(c1ncnc2[nH]ccc12)[C@H]1CC[C@H](COON2CCCC(CCCc3ccc(F)cc3)C2)CC1. The second kappa shape index (κ2) is 12.1. The highest BCUT2D eigenvalue weighted by Crippen LogP contribution is 2.32. The Labute approximate surface area is 212 Å². The van der Waals surface area contributed by atoms with Crippen LogP contribution in [0.2, 0.25) is 0 Å². The minimum absolute atomic E-state index is 0.167. The van der Waals surface area contributed by atoms with Crippen molar-refractivity contribution in [1.29, 1.82) is 0 Å². The van der Waals surface area contributed by atoms with Gasteiger partial charge in [0, 0.05) is 32.4 Å². The summed E-state index contributed by atoms with van der Waals surface area (Å²) in [5, 5.41) is 3.08. The van der Waals surface area contributed by atoms with Gasteiger partial charge in [-0.2, -0.15) is 5.06 Å².